The van der Waals surface area contributed by atoms with E-state index >= 15 is 0 Å². The van der Waals surface area contributed by atoms with E-state index < -0.39 is 70.1 Å². The fraction of sp³-hybridized carbons (Fsp3) is 0.214. The van der Waals surface area contributed by atoms with Crippen molar-refractivity contribution < 1.29 is 95.4 Å². The smallest absolute Gasteiger partial charge is 0.338 e. The minimum atomic E-state index is -0.621. The average Bonchev–Trinajstić information content (AvgIpc) is 1.59. The number of H-pyrrole nitrogens is 2. The molecular formula is C112H94N4O20. The molecule has 0 saturated heterocycles. The third-order valence-electron chi connectivity index (χ3n) is 24.2. The lowest BCUT2D eigenvalue weighted by Gasteiger charge is -2.16. The monoisotopic (exact) mass is 1810 g/mol. The number of carbonyl (C=O) groups is 12. The van der Waals surface area contributed by atoms with Gasteiger partial charge < -0.3 is 47.9 Å². The quantitative estimate of drug-likeness (QED) is 0.0156. The predicted molar refractivity (Wildman–Crippen MR) is 514 cm³/mol. The van der Waals surface area contributed by atoms with E-state index in [1.54, 1.807) is 146 Å². The van der Waals surface area contributed by atoms with Gasteiger partial charge in [0.05, 0.1) is 97.9 Å². The van der Waals surface area contributed by atoms with Crippen LogP contribution in [0.25, 0.3) is 114 Å². The Balaban J connectivity index is 0.640. The number of allylic oxidation sites excluding steroid dienone is 4. The average molecular weight is 1820 g/mol. The number of esters is 4. The van der Waals surface area contributed by atoms with Gasteiger partial charge >= 0.3 is 23.9 Å². The number of rotatable bonds is 40. The van der Waals surface area contributed by atoms with Crippen molar-refractivity contribution in [2.24, 2.45) is 0 Å². The van der Waals surface area contributed by atoms with E-state index in [9.17, 15) is 57.5 Å². The standard InChI is InChI=1S/C112H94N4O20/c117-93-65-97(77-25-9-13-29-81(77)105(93)121)129-57-17-1-5-21-61-133-109(125)73-41-33-69(34-42-73)101-85-49-51-87(113-85)102(70-35-43-74(44-36-70)110(126)134-62-22-6-2-18-58-130-98-66-94(118)106(122)82-30-14-10-26-78(82)98)89-53-55-91(115-89)104(72-39-47-76(48-40-72)112(128)136-64-24-8-4-20-60-132-100-68-96(120)108(124)84-32-16-12-28-80(84)100)92-56-54-90(116-92)103(88-52-50-86(101)114-88)71-37-45-75(46-38-71)111(127)135-63-23-7-3-19-59-131-99-67-95(119)107(123)83-31-15-11-27-79(83)99/h9-16,25-56,65-68,113,116H,1-8,17-24,57-64H2. The zero-order chi connectivity index (χ0) is 94.0. The van der Waals surface area contributed by atoms with Gasteiger partial charge in [0.2, 0.25) is 46.3 Å². The van der Waals surface area contributed by atoms with Crippen molar-refractivity contribution in [3.8, 4) is 44.5 Å². The molecule has 24 heteroatoms. The molecule has 0 fully saturated rings. The SMILES string of the molecule is O=C1C=C(OCCCCCCOC(=O)c2ccc(-c3c4nc(c(-c5ccc(C(=O)OCCCCCCOC6=CC(=O)C(=O)c7ccccc76)cc5)c5ccc([nH]5)c(-c5ccc(C(=O)OCCCCCCOC6=CC(=O)C(=O)c7ccccc76)cc5)c5nc(c(-c6ccc(C(=O)OCCCCCCOC7=CC(=O)C(=O)c8ccccc87)cc6)c6ccc3[nH]6)C=C5)C=C4)cc2)c2ccccc2C1=O. The van der Waals surface area contributed by atoms with Crippen LogP contribution in [-0.4, -0.2) is 143 Å². The largest absolute Gasteiger partial charge is 0.493 e. The summed E-state index contributed by atoms with van der Waals surface area (Å²) in [6, 6.07) is 63.9. The summed E-state index contributed by atoms with van der Waals surface area (Å²) in [4.78, 5) is 174. The number of aromatic amines is 2. The molecule has 4 aliphatic carbocycles. The highest BCUT2D eigenvalue weighted by atomic mass is 16.5. The maximum absolute atomic E-state index is 13.9. The van der Waals surface area contributed by atoms with E-state index in [1.807, 2.05) is 97.1 Å². The molecule has 2 N–H and O–H groups in total. The van der Waals surface area contributed by atoms with Crippen LogP contribution in [0.4, 0.5) is 0 Å². The summed E-state index contributed by atoms with van der Waals surface area (Å²) in [6.07, 6.45) is 23.7. The molecule has 682 valence electrons. The van der Waals surface area contributed by atoms with Crippen molar-refractivity contribution in [3.63, 3.8) is 0 Å². The molecule has 2 aliphatic heterocycles. The van der Waals surface area contributed by atoms with Crippen LogP contribution in [0.15, 0.2) is 243 Å². The third kappa shape index (κ3) is 21.1. The summed E-state index contributed by atoms with van der Waals surface area (Å²) < 4.78 is 47.3. The number of aromatic nitrogens is 4. The van der Waals surface area contributed by atoms with E-state index in [-0.39, 0.29) is 26.4 Å². The van der Waals surface area contributed by atoms with E-state index in [2.05, 4.69) is 9.97 Å². The summed E-state index contributed by atoms with van der Waals surface area (Å²) in [5, 5.41) is 0. The van der Waals surface area contributed by atoms with Gasteiger partial charge in [-0.1, -0.05) is 146 Å². The summed E-state index contributed by atoms with van der Waals surface area (Å²) in [6.45, 7) is 2.00. The van der Waals surface area contributed by atoms with Gasteiger partial charge in [-0.05, 0) is 222 Å². The molecule has 24 nitrogen and oxygen atoms in total. The van der Waals surface area contributed by atoms with Crippen molar-refractivity contribution in [1.29, 1.82) is 0 Å². The van der Waals surface area contributed by atoms with Gasteiger partial charge in [-0.2, -0.15) is 0 Å². The van der Waals surface area contributed by atoms with Gasteiger partial charge in [0.25, 0.3) is 0 Å². The highest BCUT2D eigenvalue weighted by molar-refractivity contribution is 6.52. The molecule has 5 heterocycles. The number of hydrogen-bond acceptors (Lipinski definition) is 22. The van der Waals surface area contributed by atoms with Crippen LogP contribution in [0.5, 0.6) is 0 Å². The Morgan fingerprint density at radius 1 is 0.221 bits per heavy atom. The highest BCUT2D eigenvalue weighted by Crippen LogP contribution is 2.41. The Hall–Kier alpha value is -16.2. The molecule has 0 amide bonds. The molecule has 11 aromatic rings. The lowest BCUT2D eigenvalue weighted by molar-refractivity contribution is -0.111. The number of benzene rings is 8. The number of carbonyl (C=O) groups excluding carboxylic acids is 12. The van der Waals surface area contributed by atoms with Crippen LogP contribution < -0.4 is 0 Å². The van der Waals surface area contributed by atoms with Gasteiger partial charge in [-0.15, -0.1) is 0 Å². The second-order valence-corrected chi connectivity index (χ2v) is 33.4. The van der Waals surface area contributed by atoms with Crippen LogP contribution in [-0.2, 0) is 57.1 Å². The minimum Gasteiger partial charge on any atom is -0.493 e. The normalized spacial score (nSPS) is 13.5. The number of Topliss-reactive ketones (excluding diaryl/α,β-unsaturated/α-hetero) is 4. The minimum absolute atomic E-state index is 0.170. The van der Waals surface area contributed by atoms with Gasteiger partial charge in [0, 0.05) is 113 Å². The van der Waals surface area contributed by atoms with Gasteiger partial charge in [0.1, 0.15) is 23.0 Å². The molecule has 3 aromatic heterocycles. The van der Waals surface area contributed by atoms with Crippen molar-refractivity contribution in [2.45, 2.75) is 103 Å². The maximum atomic E-state index is 13.9. The number of unbranched alkanes of at least 4 members (excludes halogenated alkanes) is 12. The number of nitrogens with zero attached hydrogens (tertiary/aromatic N) is 2. The first-order valence-corrected chi connectivity index (χ1v) is 45.8. The third-order valence-corrected chi connectivity index (χ3v) is 24.2. The molecule has 0 spiro atoms. The number of ketones is 8. The van der Waals surface area contributed by atoms with Crippen LogP contribution in [0.1, 0.15) is 231 Å². The van der Waals surface area contributed by atoms with Gasteiger partial charge in [-0.3, -0.25) is 38.4 Å². The summed E-state index contributed by atoms with van der Waals surface area (Å²) in [7, 11) is 0. The van der Waals surface area contributed by atoms with Crippen LogP contribution in [0.2, 0.25) is 0 Å². The zero-order valence-electron chi connectivity index (χ0n) is 74.4. The van der Waals surface area contributed by atoms with Gasteiger partial charge in [-0.25, -0.2) is 29.1 Å². The van der Waals surface area contributed by atoms with E-state index in [0.717, 1.165) is 51.4 Å². The fourth-order valence-corrected chi connectivity index (χ4v) is 17.1. The lowest BCUT2D eigenvalue weighted by Crippen LogP contribution is -2.19. The molecule has 0 radical (unpaired) electrons. The number of fused-ring (bicyclic) bond motifs is 12. The zero-order valence-corrected chi connectivity index (χ0v) is 74.4. The van der Waals surface area contributed by atoms with E-state index in [1.165, 1.54) is 24.3 Å². The molecule has 6 aliphatic rings. The molecule has 8 aromatic carbocycles. The Morgan fingerprint density at radius 3 is 0.618 bits per heavy atom. The van der Waals surface area contributed by atoms with E-state index in [0.29, 0.717) is 257 Å². The van der Waals surface area contributed by atoms with Crippen molar-refractivity contribution in [3.05, 3.63) is 332 Å². The first kappa shape index (κ1) is 91.6. The van der Waals surface area contributed by atoms with E-state index in [4.69, 9.17) is 47.9 Å². The molecule has 0 atom stereocenters. The number of hydrogen-bond donors (Lipinski definition) is 2. The van der Waals surface area contributed by atoms with Crippen LogP contribution in [0, 0.1) is 0 Å². The molecule has 136 heavy (non-hydrogen) atoms. The topological polar surface area (TPSA) is 336 Å². The van der Waals surface area contributed by atoms with Gasteiger partial charge in [0.15, 0.2) is 0 Å². The Kier molecular flexibility index (Phi) is 29.0. The molecule has 0 saturated carbocycles. The Bertz CT molecular complexity index is 6160. The van der Waals surface area contributed by atoms with Crippen molar-refractivity contribution in [1.82, 2.24) is 19.9 Å². The van der Waals surface area contributed by atoms with Crippen molar-refractivity contribution in [2.75, 3.05) is 52.9 Å². The van der Waals surface area contributed by atoms with Crippen molar-refractivity contribution >= 4 is 140 Å². The fourth-order valence-electron chi connectivity index (χ4n) is 17.1. The highest BCUT2D eigenvalue weighted by Gasteiger charge is 2.32. The number of ether oxygens (including phenoxy) is 8. The first-order chi connectivity index (χ1) is 66.5. The lowest BCUT2D eigenvalue weighted by atomic mass is 9.94. The summed E-state index contributed by atoms with van der Waals surface area (Å²) >= 11 is 0. The summed E-state index contributed by atoms with van der Waals surface area (Å²) in [5.41, 5.74) is 15.1. The first-order valence-electron chi connectivity index (χ1n) is 45.8. The summed E-state index contributed by atoms with van der Waals surface area (Å²) in [5.74, 6) is -5.27. The molecule has 17 rings (SSSR count). The maximum Gasteiger partial charge on any atom is 0.338 e. The molecule has 0 unspecified atom stereocenters. The predicted octanol–water partition coefficient (Wildman–Crippen LogP) is 21.5. The molecular weight excluding hydrogens is 1720 g/mol. The van der Waals surface area contributed by atoms with Crippen LogP contribution in [0.3, 0.4) is 0 Å². The second-order valence-electron chi connectivity index (χ2n) is 33.4. The Morgan fingerprint density at radius 2 is 0.412 bits per heavy atom. The molecule has 8 bridgehead atoms. The van der Waals surface area contributed by atoms with Crippen LogP contribution >= 0.6 is 0 Å². The second kappa shape index (κ2) is 43.0. The Labute approximate surface area is 782 Å². The number of nitrogens with one attached hydrogen (secondary N) is 2.